The first-order chi connectivity index (χ1) is 20.9. The molecule has 5 amide bonds. The Kier molecular flexibility index (Phi) is 12.0. The number of benzene rings is 2. The van der Waals surface area contributed by atoms with E-state index >= 15 is 0 Å². The summed E-state index contributed by atoms with van der Waals surface area (Å²) in [5.41, 5.74) is 18.9. The van der Waals surface area contributed by atoms with E-state index in [4.69, 9.17) is 17.2 Å². The Hall–Kier alpha value is -5.24. The van der Waals surface area contributed by atoms with Gasteiger partial charge in [-0.1, -0.05) is 48.5 Å². The number of H-pyrrole nitrogens is 1. The van der Waals surface area contributed by atoms with Crippen LogP contribution in [-0.4, -0.2) is 69.8 Å². The average Bonchev–Trinajstić information content (AvgIpc) is 3.39. The zero-order valence-corrected chi connectivity index (χ0v) is 24.0. The van der Waals surface area contributed by atoms with Gasteiger partial charge in [0, 0.05) is 36.4 Å². The van der Waals surface area contributed by atoms with Crippen molar-refractivity contribution < 1.29 is 33.9 Å². The van der Waals surface area contributed by atoms with E-state index in [1.165, 1.54) is 0 Å². The zero-order valence-electron chi connectivity index (χ0n) is 24.0. The van der Waals surface area contributed by atoms with Crippen molar-refractivity contribution in [2.45, 2.75) is 62.7 Å². The van der Waals surface area contributed by atoms with Crippen LogP contribution in [-0.2, 0) is 41.6 Å². The number of nitrogens with one attached hydrogen (secondary N) is 4. The van der Waals surface area contributed by atoms with Gasteiger partial charge in [0.25, 0.3) is 0 Å². The van der Waals surface area contributed by atoms with Crippen LogP contribution in [0.3, 0.4) is 0 Å². The molecule has 234 valence electrons. The molecule has 1 heterocycles. The lowest BCUT2D eigenvalue weighted by Gasteiger charge is -2.25. The van der Waals surface area contributed by atoms with Gasteiger partial charge >= 0.3 is 5.97 Å². The first-order valence-corrected chi connectivity index (χ1v) is 14.0. The highest BCUT2D eigenvalue weighted by atomic mass is 16.4. The Bertz CT molecular complexity index is 1490. The van der Waals surface area contributed by atoms with Crippen LogP contribution in [0.1, 0.15) is 36.8 Å². The maximum atomic E-state index is 13.5. The molecule has 0 spiro atoms. The molecule has 0 saturated carbocycles. The molecule has 2 aromatic carbocycles. The minimum absolute atomic E-state index is 0.0306. The predicted octanol–water partition coefficient (Wildman–Crippen LogP) is -0.650. The lowest BCUT2D eigenvalue weighted by molar-refractivity contribution is -0.142. The van der Waals surface area contributed by atoms with Crippen molar-refractivity contribution in [3.8, 4) is 0 Å². The third-order valence-electron chi connectivity index (χ3n) is 6.97. The number of carbonyl (C=O) groups excluding carboxylic acids is 5. The fourth-order valence-corrected chi connectivity index (χ4v) is 4.61. The van der Waals surface area contributed by atoms with Crippen molar-refractivity contribution in [3.05, 3.63) is 71.9 Å². The molecular weight excluding hydrogens is 570 g/mol. The van der Waals surface area contributed by atoms with Crippen LogP contribution in [0.25, 0.3) is 10.9 Å². The second-order valence-corrected chi connectivity index (χ2v) is 10.4. The van der Waals surface area contributed by atoms with Gasteiger partial charge in [-0.2, -0.15) is 0 Å². The van der Waals surface area contributed by atoms with Gasteiger partial charge in [-0.05, 0) is 36.5 Å². The molecule has 0 fully saturated rings. The molecule has 14 nitrogen and oxygen atoms in total. The van der Waals surface area contributed by atoms with Crippen molar-refractivity contribution in [2.75, 3.05) is 0 Å². The summed E-state index contributed by atoms with van der Waals surface area (Å²) in [6.45, 7) is 0. The maximum absolute atomic E-state index is 13.5. The van der Waals surface area contributed by atoms with E-state index in [9.17, 15) is 33.9 Å². The third kappa shape index (κ3) is 9.94. The maximum Gasteiger partial charge on any atom is 0.326 e. The van der Waals surface area contributed by atoms with E-state index in [0.29, 0.717) is 5.56 Å². The first-order valence-electron chi connectivity index (χ1n) is 14.0. The summed E-state index contributed by atoms with van der Waals surface area (Å²) in [7, 11) is 0. The summed E-state index contributed by atoms with van der Waals surface area (Å²) in [4.78, 5) is 77.4. The highest BCUT2D eigenvalue weighted by Gasteiger charge is 2.31. The fraction of sp³-hybridized carbons (Fsp3) is 0.333. The summed E-state index contributed by atoms with van der Waals surface area (Å²) in [6.07, 6.45) is 0.900. The lowest BCUT2D eigenvalue weighted by atomic mass is 10.0. The summed E-state index contributed by atoms with van der Waals surface area (Å²) in [5.74, 6) is -5.15. The lowest BCUT2D eigenvalue weighted by Crippen LogP contribution is -2.58. The summed E-state index contributed by atoms with van der Waals surface area (Å²) < 4.78 is 0. The van der Waals surface area contributed by atoms with Crippen molar-refractivity contribution >= 4 is 46.4 Å². The molecule has 14 heteroatoms. The number of amides is 5. The molecule has 0 aliphatic rings. The largest absolute Gasteiger partial charge is 0.480 e. The number of aromatic nitrogens is 1. The number of para-hydroxylation sites is 1. The molecule has 11 N–H and O–H groups in total. The quantitative estimate of drug-likeness (QED) is 0.0976. The topological polar surface area (TPSA) is 253 Å². The van der Waals surface area contributed by atoms with Gasteiger partial charge in [-0.25, -0.2) is 4.79 Å². The number of hydrogen-bond donors (Lipinski definition) is 8. The third-order valence-corrected chi connectivity index (χ3v) is 6.97. The number of primary amides is 2. The SMILES string of the molecule is NC(=O)CCC(NC(=O)C(Cc1ccccc1)NC(=O)C(CCC(N)=O)NC(=O)C(N)Cc1c[nH]c2ccccc12)C(=O)O. The molecule has 0 aliphatic heterocycles. The Morgan fingerprint density at radius 2 is 1.25 bits per heavy atom. The Balaban J connectivity index is 1.77. The Morgan fingerprint density at radius 1 is 0.705 bits per heavy atom. The number of carboxylic acids is 1. The fourth-order valence-electron chi connectivity index (χ4n) is 4.61. The van der Waals surface area contributed by atoms with Crippen molar-refractivity contribution in [2.24, 2.45) is 17.2 Å². The monoisotopic (exact) mass is 607 g/mol. The van der Waals surface area contributed by atoms with Gasteiger partial charge in [0.15, 0.2) is 0 Å². The molecule has 3 rings (SSSR count). The molecule has 4 atom stereocenters. The van der Waals surface area contributed by atoms with Crippen LogP contribution in [0.5, 0.6) is 0 Å². The number of fused-ring (bicyclic) bond motifs is 1. The molecule has 3 aromatic rings. The van der Waals surface area contributed by atoms with Gasteiger partial charge < -0.3 is 43.2 Å². The van der Waals surface area contributed by atoms with Crippen LogP contribution in [0.15, 0.2) is 60.8 Å². The summed E-state index contributed by atoms with van der Waals surface area (Å²) >= 11 is 0. The molecular formula is C30H37N7O7. The van der Waals surface area contributed by atoms with Gasteiger partial charge in [0.1, 0.15) is 18.1 Å². The Labute approximate surface area is 253 Å². The molecule has 4 unspecified atom stereocenters. The zero-order chi connectivity index (χ0) is 32.2. The van der Waals surface area contributed by atoms with E-state index in [1.807, 2.05) is 24.3 Å². The number of aliphatic carboxylic acids is 1. The molecule has 1 aromatic heterocycles. The van der Waals surface area contributed by atoms with E-state index in [-0.39, 0.29) is 38.5 Å². The van der Waals surface area contributed by atoms with Crippen molar-refractivity contribution in [1.82, 2.24) is 20.9 Å². The normalized spacial score (nSPS) is 13.7. The standard InChI is InChI=1S/C30H37N7O7/c31-20(15-18-16-34-21-9-5-4-8-19(18)21)27(40)35-22(10-12-25(32)38)28(41)37-24(14-17-6-2-1-3-7-17)29(42)36-23(30(43)44)11-13-26(33)39/h1-9,16,20,22-24,34H,10-15,31H2,(H2,32,38)(H2,33,39)(H,35,40)(H,36,42)(H,37,41)(H,43,44). The number of hydrogen-bond acceptors (Lipinski definition) is 7. The second-order valence-electron chi connectivity index (χ2n) is 10.4. The second kappa shape index (κ2) is 15.8. The van der Waals surface area contributed by atoms with E-state index in [1.54, 1.807) is 36.5 Å². The Morgan fingerprint density at radius 3 is 1.89 bits per heavy atom. The molecule has 44 heavy (non-hydrogen) atoms. The predicted molar refractivity (Wildman–Crippen MR) is 160 cm³/mol. The van der Waals surface area contributed by atoms with Crippen LogP contribution in [0.4, 0.5) is 0 Å². The van der Waals surface area contributed by atoms with Crippen LogP contribution in [0, 0.1) is 0 Å². The minimum Gasteiger partial charge on any atom is -0.480 e. The molecule has 0 saturated heterocycles. The highest BCUT2D eigenvalue weighted by Crippen LogP contribution is 2.19. The van der Waals surface area contributed by atoms with Gasteiger partial charge in [0.2, 0.25) is 29.5 Å². The average molecular weight is 608 g/mol. The van der Waals surface area contributed by atoms with E-state index < -0.39 is 59.7 Å². The van der Waals surface area contributed by atoms with Crippen LogP contribution >= 0.6 is 0 Å². The highest BCUT2D eigenvalue weighted by molar-refractivity contribution is 5.95. The molecule has 0 aliphatic carbocycles. The van der Waals surface area contributed by atoms with E-state index in [2.05, 4.69) is 20.9 Å². The summed E-state index contributed by atoms with van der Waals surface area (Å²) in [5, 5.41) is 17.9. The minimum atomic E-state index is -1.45. The number of nitrogens with two attached hydrogens (primary N) is 3. The number of rotatable bonds is 17. The first kappa shape index (κ1) is 33.3. The molecule has 0 bridgehead atoms. The van der Waals surface area contributed by atoms with Gasteiger partial charge in [-0.15, -0.1) is 0 Å². The van der Waals surface area contributed by atoms with Crippen molar-refractivity contribution in [1.29, 1.82) is 0 Å². The molecule has 0 radical (unpaired) electrons. The van der Waals surface area contributed by atoms with Crippen LogP contribution in [0.2, 0.25) is 0 Å². The smallest absolute Gasteiger partial charge is 0.326 e. The summed E-state index contributed by atoms with van der Waals surface area (Å²) in [6, 6.07) is 11.1. The number of aromatic amines is 1. The van der Waals surface area contributed by atoms with Crippen molar-refractivity contribution in [3.63, 3.8) is 0 Å². The van der Waals surface area contributed by atoms with Gasteiger partial charge in [0.05, 0.1) is 6.04 Å². The number of carboxylic acid groups (broad SMARTS) is 1. The van der Waals surface area contributed by atoms with Gasteiger partial charge in [-0.3, -0.25) is 24.0 Å². The van der Waals surface area contributed by atoms with Crippen LogP contribution < -0.4 is 33.2 Å². The number of carbonyl (C=O) groups is 6. The van der Waals surface area contributed by atoms with E-state index in [0.717, 1.165) is 16.5 Å².